The van der Waals surface area contributed by atoms with Crippen LogP contribution in [0.25, 0.3) is 0 Å². The number of ether oxygens (including phenoxy) is 2. The molecule has 1 amide bonds. The summed E-state index contributed by atoms with van der Waals surface area (Å²) in [6.07, 6.45) is 3.23. The molecule has 1 aromatic rings. The molecule has 1 unspecified atom stereocenters. The van der Waals surface area contributed by atoms with Crippen LogP contribution in [0.3, 0.4) is 0 Å². The van der Waals surface area contributed by atoms with Crippen molar-refractivity contribution in [2.24, 2.45) is 4.99 Å². The standard InChI is InChI=1S/C22H36N4O3.HI/c1-5-17(2)25-22(24-15-21(27)26(3)4)23-14-18-6-8-19(9-7-18)16-29-20-10-12-28-13-11-20;/h6-9,17,20H,5,10-16H2,1-4H3,(H2,23,24,25);1H. The Bertz CT molecular complexity index is 646. The Hall–Kier alpha value is -1.39. The van der Waals surface area contributed by atoms with E-state index >= 15 is 0 Å². The van der Waals surface area contributed by atoms with Crippen LogP contribution in [0.4, 0.5) is 0 Å². The Morgan fingerprint density at radius 3 is 2.47 bits per heavy atom. The summed E-state index contributed by atoms with van der Waals surface area (Å²) in [7, 11) is 3.49. The fourth-order valence-corrected chi connectivity index (χ4v) is 2.77. The molecule has 1 fully saturated rings. The molecule has 0 radical (unpaired) electrons. The van der Waals surface area contributed by atoms with E-state index in [9.17, 15) is 4.79 Å². The van der Waals surface area contributed by atoms with Gasteiger partial charge >= 0.3 is 0 Å². The highest BCUT2D eigenvalue weighted by molar-refractivity contribution is 14.0. The second-order valence-electron chi connectivity index (χ2n) is 7.70. The molecule has 0 aromatic heterocycles. The minimum absolute atomic E-state index is 0. The first-order valence-electron chi connectivity index (χ1n) is 10.5. The van der Waals surface area contributed by atoms with Crippen LogP contribution < -0.4 is 10.6 Å². The highest BCUT2D eigenvalue weighted by Crippen LogP contribution is 2.14. The smallest absolute Gasteiger partial charge is 0.241 e. The van der Waals surface area contributed by atoms with Crippen molar-refractivity contribution in [3.63, 3.8) is 0 Å². The molecule has 0 aliphatic carbocycles. The van der Waals surface area contributed by atoms with Crippen LogP contribution in [0.5, 0.6) is 0 Å². The number of amides is 1. The minimum atomic E-state index is 0. The molecule has 2 N–H and O–H groups in total. The molecular weight excluding hydrogens is 495 g/mol. The van der Waals surface area contributed by atoms with Crippen molar-refractivity contribution in [2.45, 2.75) is 58.4 Å². The Kier molecular flexibility index (Phi) is 13.0. The molecule has 170 valence electrons. The number of rotatable bonds is 9. The van der Waals surface area contributed by atoms with E-state index in [1.165, 1.54) is 0 Å². The molecule has 30 heavy (non-hydrogen) atoms. The Labute approximate surface area is 198 Å². The first kappa shape index (κ1) is 26.6. The third-order valence-electron chi connectivity index (χ3n) is 5.00. The molecule has 0 saturated carbocycles. The van der Waals surface area contributed by atoms with Gasteiger partial charge in [0.25, 0.3) is 0 Å². The zero-order valence-corrected chi connectivity index (χ0v) is 21.0. The maximum atomic E-state index is 11.9. The summed E-state index contributed by atoms with van der Waals surface area (Å²) in [5, 5.41) is 6.46. The van der Waals surface area contributed by atoms with E-state index < -0.39 is 0 Å². The van der Waals surface area contributed by atoms with Crippen molar-refractivity contribution in [3.05, 3.63) is 35.4 Å². The van der Waals surface area contributed by atoms with Gasteiger partial charge in [-0.25, -0.2) is 4.99 Å². The number of carbonyl (C=O) groups is 1. The zero-order valence-electron chi connectivity index (χ0n) is 18.6. The zero-order chi connectivity index (χ0) is 21.1. The van der Waals surface area contributed by atoms with Crippen LogP contribution in [0.15, 0.2) is 29.3 Å². The Morgan fingerprint density at radius 1 is 1.23 bits per heavy atom. The third-order valence-corrected chi connectivity index (χ3v) is 5.00. The van der Waals surface area contributed by atoms with Crippen LogP contribution in [0, 0.1) is 0 Å². The highest BCUT2D eigenvalue weighted by Gasteiger charge is 2.14. The summed E-state index contributed by atoms with van der Waals surface area (Å²) in [5.74, 6) is 0.666. The number of carbonyl (C=O) groups excluding carboxylic acids is 1. The molecule has 1 aromatic carbocycles. The van der Waals surface area contributed by atoms with Crippen molar-refractivity contribution in [2.75, 3.05) is 33.9 Å². The second kappa shape index (κ2) is 14.6. The summed E-state index contributed by atoms with van der Waals surface area (Å²) in [6.45, 7) is 7.19. The average Bonchev–Trinajstić information content (AvgIpc) is 2.75. The predicted octanol–water partition coefficient (Wildman–Crippen LogP) is 2.92. The number of benzene rings is 1. The maximum absolute atomic E-state index is 11.9. The van der Waals surface area contributed by atoms with Crippen molar-refractivity contribution < 1.29 is 14.3 Å². The third kappa shape index (κ3) is 10.1. The molecule has 1 atom stereocenters. The predicted molar refractivity (Wildman–Crippen MR) is 131 cm³/mol. The van der Waals surface area contributed by atoms with Gasteiger partial charge in [-0.2, -0.15) is 0 Å². The van der Waals surface area contributed by atoms with Gasteiger partial charge in [-0.05, 0) is 37.3 Å². The molecule has 0 spiro atoms. The van der Waals surface area contributed by atoms with Crippen molar-refractivity contribution in [3.8, 4) is 0 Å². The lowest BCUT2D eigenvalue weighted by Gasteiger charge is -2.22. The fourth-order valence-electron chi connectivity index (χ4n) is 2.77. The molecule has 2 rings (SSSR count). The quantitative estimate of drug-likeness (QED) is 0.291. The molecule has 1 aliphatic heterocycles. The monoisotopic (exact) mass is 532 g/mol. The minimum Gasteiger partial charge on any atom is -0.381 e. The number of nitrogens with one attached hydrogen (secondary N) is 2. The maximum Gasteiger partial charge on any atom is 0.241 e. The van der Waals surface area contributed by atoms with E-state index in [1.54, 1.807) is 19.0 Å². The van der Waals surface area contributed by atoms with Gasteiger partial charge < -0.3 is 25.0 Å². The lowest BCUT2D eigenvalue weighted by atomic mass is 10.1. The van der Waals surface area contributed by atoms with Gasteiger partial charge in [-0.1, -0.05) is 31.2 Å². The fraction of sp³-hybridized carbons (Fsp3) is 0.636. The Morgan fingerprint density at radius 2 is 1.87 bits per heavy atom. The Balaban J connectivity index is 0.00000450. The van der Waals surface area contributed by atoms with Gasteiger partial charge in [-0.3, -0.25) is 4.79 Å². The van der Waals surface area contributed by atoms with E-state index in [2.05, 4.69) is 53.7 Å². The van der Waals surface area contributed by atoms with Crippen LogP contribution in [-0.2, 0) is 27.4 Å². The van der Waals surface area contributed by atoms with Crippen LogP contribution in [-0.4, -0.2) is 62.8 Å². The highest BCUT2D eigenvalue weighted by atomic mass is 127. The summed E-state index contributed by atoms with van der Waals surface area (Å²) in [5.41, 5.74) is 2.28. The average molecular weight is 532 g/mol. The number of hydrogen-bond donors (Lipinski definition) is 2. The second-order valence-corrected chi connectivity index (χ2v) is 7.70. The number of aliphatic imine (C=N–C) groups is 1. The molecule has 1 saturated heterocycles. The summed E-state index contributed by atoms with van der Waals surface area (Å²) >= 11 is 0. The molecule has 8 heteroatoms. The van der Waals surface area contributed by atoms with Gasteiger partial charge in [0, 0.05) is 33.4 Å². The lowest BCUT2D eigenvalue weighted by molar-refractivity contribution is -0.127. The van der Waals surface area contributed by atoms with E-state index in [4.69, 9.17) is 9.47 Å². The van der Waals surface area contributed by atoms with Gasteiger partial charge in [0.05, 0.1) is 25.8 Å². The first-order valence-corrected chi connectivity index (χ1v) is 10.5. The topological polar surface area (TPSA) is 75.2 Å². The molecule has 7 nitrogen and oxygen atoms in total. The lowest BCUT2D eigenvalue weighted by Crippen LogP contribution is -2.45. The summed E-state index contributed by atoms with van der Waals surface area (Å²) in [6, 6.07) is 8.63. The number of likely N-dealkylation sites (N-methyl/N-ethyl adjacent to an activating group) is 1. The van der Waals surface area contributed by atoms with Crippen molar-refractivity contribution in [1.82, 2.24) is 15.5 Å². The van der Waals surface area contributed by atoms with E-state index in [-0.39, 0.29) is 42.5 Å². The molecule has 0 bridgehead atoms. The van der Waals surface area contributed by atoms with Gasteiger partial charge in [-0.15, -0.1) is 24.0 Å². The molecule has 1 heterocycles. The largest absolute Gasteiger partial charge is 0.381 e. The number of nitrogens with zero attached hydrogens (tertiary/aromatic N) is 2. The number of hydrogen-bond acceptors (Lipinski definition) is 4. The first-order chi connectivity index (χ1) is 14.0. The van der Waals surface area contributed by atoms with Crippen LogP contribution >= 0.6 is 24.0 Å². The number of halogens is 1. The van der Waals surface area contributed by atoms with Crippen molar-refractivity contribution >= 4 is 35.8 Å². The molecular formula is C22H37IN4O3. The van der Waals surface area contributed by atoms with E-state index in [1.807, 2.05) is 0 Å². The number of guanidine groups is 1. The van der Waals surface area contributed by atoms with E-state index in [0.717, 1.165) is 43.6 Å². The summed E-state index contributed by atoms with van der Waals surface area (Å²) < 4.78 is 11.3. The van der Waals surface area contributed by atoms with Crippen molar-refractivity contribution in [1.29, 1.82) is 0 Å². The summed E-state index contributed by atoms with van der Waals surface area (Å²) in [4.78, 5) is 18.1. The van der Waals surface area contributed by atoms with Crippen LogP contribution in [0.2, 0.25) is 0 Å². The normalized spacial score (nSPS) is 15.8. The SMILES string of the molecule is CCC(C)NC(=NCc1ccc(COC2CCOCC2)cc1)NCC(=O)N(C)C.I. The molecule has 1 aliphatic rings. The van der Waals surface area contributed by atoms with E-state index in [0.29, 0.717) is 25.2 Å². The van der Waals surface area contributed by atoms with Gasteiger partial charge in [0.15, 0.2) is 5.96 Å². The van der Waals surface area contributed by atoms with Crippen LogP contribution in [0.1, 0.15) is 44.2 Å². The van der Waals surface area contributed by atoms with Gasteiger partial charge in [0.2, 0.25) is 5.91 Å². The van der Waals surface area contributed by atoms with Gasteiger partial charge in [0.1, 0.15) is 0 Å².